The van der Waals surface area contributed by atoms with E-state index in [0.717, 1.165) is 62.6 Å². The number of rotatable bonds is 4. The quantitative estimate of drug-likeness (QED) is 0.888. The van der Waals surface area contributed by atoms with Crippen LogP contribution < -0.4 is 5.32 Å². The van der Waals surface area contributed by atoms with E-state index in [1.807, 2.05) is 25.6 Å². The minimum atomic E-state index is -0.247. The molecule has 0 aliphatic carbocycles. The van der Waals surface area contributed by atoms with Crippen LogP contribution >= 0.6 is 0 Å². The number of fused-ring (bicyclic) bond motifs is 2. The zero-order chi connectivity index (χ0) is 18.9. The minimum absolute atomic E-state index is 0.247. The zero-order valence-electron chi connectivity index (χ0n) is 16.4. The first-order valence-electron chi connectivity index (χ1n) is 9.81. The second-order valence-electron chi connectivity index (χ2n) is 7.79. The topological polar surface area (TPSA) is 76.1 Å². The highest BCUT2D eigenvalue weighted by molar-refractivity contribution is 5.28. The lowest BCUT2D eigenvalue weighted by molar-refractivity contribution is -0.102. The van der Waals surface area contributed by atoms with Gasteiger partial charge in [-0.05, 0) is 24.8 Å². The molecular formula is C20H28N6O. The van der Waals surface area contributed by atoms with Gasteiger partial charge in [-0.1, -0.05) is 13.8 Å². The average Bonchev–Trinajstić information content (AvgIpc) is 2.70. The largest absolute Gasteiger partial charge is 0.368 e. The van der Waals surface area contributed by atoms with Crippen molar-refractivity contribution in [3.8, 4) is 0 Å². The smallest absolute Gasteiger partial charge is 0.222 e. The number of nitrogens with one attached hydrogen (secondary N) is 1. The van der Waals surface area contributed by atoms with Crippen molar-refractivity contribution in [3.05, 3.63) is 41.2 Å². The van der Waals surface area contributed by atoms with E-state index < -0.39 is 0 Å². The van der Waals surface area contributed by atoms with Gasteiger partial charge >= 0.3 is 0 Å². The fraction of sp³-hybridized carbons (Fsp3) is 0.600. The van der Waals surface area contributed by atoms with E-state index in [0.29, 0.717) is 11.9 Å². The number of nitrogens with zero attached hydrogens (tertiary/aromatic N) is 5. The Labute approximate surface area is 160 Å². The van der Waals surface area contributed by atoms with Crippen molar-refractivity contribution in [1.29, 1.82) is 0 Å². The molecular weight excluding hydrogens is 340 g/mol. The zero-order valence-corrected chi connectivity index (χ0v) is 16.4. The number of ether oxygens (including phenoxy) is 1. The van der Waals surface area contributed by atoms with Crippen LogP contribution in [0.25, 0.3) is 0 Å². The lowest BCUT2D eigenvalue weighted by Crippen LogP contribution is -2.47. The summed E-state index contributed by atoms with van der Waals surface area (Å²) in [5.74, 6) is 1.90. The maximum atomic E-state index is 6.35. The van der Waals surface area contributed by atoms with Crippen LogP contribution in [0.5, 0.6) is 0 Å². The molecule has 1 spiro atoms. The van der Waals surface area contributed by atoms with Crippen LogP contribution in [0.4, 0.5) is 5.95 Å². The van der Waals surface area contributed by atoms with E-state index in [9.17, 15) is 0 Å². The first kappa shape index (κ1) is 18.3. The molecule has 2 aromatic heterocycles. The Bertz CT molecular complexity index is 784. The molecule has 7 heteroatoms. The Morgan fingerprint density at radius 1 is 1.15 bits per heavy atom. The monoisotopic (exact) mass is 368 g/mol. The fourth-order valence-electron chi connectivity index (χ4n) is 3.98. The highest BCUT2D eigenvalue weighted by atomic mass is 16.5. The third-order valence-corrected chi connectivity index (χ3v) is 5.58. The van der Waals surface area contributed by atoms with Gasteiger partial charge in [-0.3, -0.25) is 4.90 Å². The van der Waals surface area contributed by atoms with E-state index in [1.54, 1.807) is 0 Å². The van der Waals surface area contributed by atoms with Gasteiger partial charge in [-0.25, -0.2) is 19.9 Å². The van der Waals surface area contributed by atoms with Crippen molar-refractivity contribution in [2.75, 3.05) is 32.1 Å². The molecule has 0 amide bonds. The average molecular weight is 368 g/mol. The molecule has 0 aromatic carbocycles. The first-order valence-corrected chi connectivity index (χ1v) is 9.81. The summed E-state index contributed by atoms with van der Waals surface area (Å²) in [5.41, 5.74) is 3.28. The number of likely N-dealkylation sites (tertiary alicyclic amines) is 1. The van der Waals surface area contributed by atoms with E-state index in [4.69, 9.17) is 9.72 Å². The highest BCUT2D eigenvalue weighted by Crippen LogP contribution is 2.40. The molecule has 0 unspecified atom stereocenters. The molecule has 1 N–H and O–H groups in total. The van der Waals surface area contributed by atoms with E-state index in [2.05, 4.69) is 39.0 Å². The maximum Gasteiger partial charge on any atom is 0.222 e. The molecule has 2 aromatic rings. The minimum Gasteiger partial charge on any atom is -0.368 e. The summed E-state index contributed by atoms with van der Waals surface area (Å²) >= 11 is 0. The van der Waals surface area contributed by atoms with Gasteiger partial charge in [0.25, 0.3) is 0 Å². The second kappa shape index (κ2) is 7.48. The molecule has 1 fully saturated rings. The van der Waals surface area contributed by atoms with Crippen LogP contribution in [0.1, 0.15) is 55.3 Å². The third kappa shape index (κ3) is 3.66. The number of hydrogen-bond donors (Lipinski definition) is 1. The molecule has 144 valence electrons. The van der Waals surface area contributed by atoms with Gasteiger partial charge in [0.1, 0.15) is 11.4 Å². The molecule has 2 aliphatic heterocycles. The predicted octanol–water partition coefficient (Wildman–Crippen LogP) is 2.50. The SMILES string of the molecule is CNc1ncc(CN2CCC3(CC2)OCCc2cnc(C(C)C)nc23)cn1. The molecule has 0 saturated carbocycles. The Balaban J connectivity index is 1.47. The summed E-state index contributed by atoms with van der Waals surface area (Å²) in [5, 5.41) is 2.95. The fourth-order valence-corrected chi connectivity index (χ4v) is 3.98. The molecule has 27 heavy (non-hydrogen) atoms. The standard InChI is InChI=1S/C20H28N6O/c1-14(2)18-22-12-16-4-9-27-20(17(16)25-18)5-7-26(8-6-20)13-15-10-23-19(21-3)24-11-15/h10-12,14H,4-9,13H2,1-3H3,(H,21,23,24). The van der Waals surface area contributed by atoms with Crippen molar-refractivity contribution in [2.45, 2.75) is 51.2 Å². The van der Waals surface area contributed by atoms with Crippen LogP contribution in [-0.2, 0) is 23.3 Å². The summed E-state index contributed by atoms with van der Waals surface area (Å²) in [6.45, 7) is 7.87. The summed E-state index contributed by atoms with van der Waals surface area (Å²) < 4.78 is 6.35. The normalized spacial score (nSPS) is 19.3. The lowest BCUT2D eigenvalue weighted by atomic mass is 9.83. The Hall–Kier alpha value is -2.12. The van der Waals surface area contributed by atoms with Crippen LogP contribution in [0, 0.1) is 0 Å². The van der Waals surface area contributed by atoms with Crippen LogP contribution in [0.2, 0.25) is 0 Å². The van der Waals surface area contributed by atoms with Crippen LogP contribution in [0.15, 0.2) is 18.6 Å². The molecule has 4 heterocycles. The van der Waals surface area contributed by atoms with Crippen molar-refractivity contribution < 1.29 is 4.74 Å². The van der Waals surface area contributed by atoms with Crippen molar-refractivity contribution in [1.82, 2.24) is 24.8 Å². The molecule has 7 nitrogen and oxygen atoms in total. The molecule has 1 saturated heterocycles. The summed E-state index contributed by atoms with van der Waals surface area (Å²) in [6, 6.07) is 0. The van der Waals surface area contributed by atoms with Gasteiger partial charge in [0, 0.05) is 56.8 Å². The Morgan fingerprint density at radius 2 is 1.89 bits per heavy atom. The molecule has 0 atom stereocenters. The van der Waals surface area contributed by atoms with E-state index in [1.165, 1.54) is 5.56 Å². The summed E-state index contributed by atoms with van der Waals surface area (Å²) in [4.78, 5) is 20.6. The van der Waals surface area contributed by atoms with Crippen LogP contribution in [-0.4, -0.2) is 51.6 Å². The molecule has 0 bridgehead atoms. The van der Waals surface area contributed by atoms with Gasteiger partial charge in [0.2, 0.25) is 5.95 Å². The van der Waals surface area contributed by atoms with Gasteiger partial charge < -0.3 is 10.1 Å². The number of piperidine rings is 1. The van der Waals surface area contributed by atoms with Gasteiger partial charge in [-0.15, -0.1) is 0 Å². The highest BCUT2D eigenvalue weighted by Gasteiger charge is 2.42. The molecule has 4 rings (SSSR count). The van der Waals surface area contributed by atoms with Gasteiger partial charge in [0.15, 0.2) is 0 Å². The molecule has 2 aliphatic rings. The lowest BCUT2D eigenvalue weighted by Gasteiger charge is -2.44. The number of hydrogen-bond acceptors (Lipinski definition) is 7. The predicted molar refractivity (Wildman–Crippen MR) is 104 cm³/mol. The summed E-state index contributed by atoms with van der Waals surface area (Å²) in [7, 11) is 1.83. The van der Waals surface area contributed by atoms with Crippen LogP contribution in [0.3, 0.4) is 0 Å². The first-order chi connectivity index (χ1) is 13.1. The molecule has 0 radical (unpaired) electrons. The van der Waals surface area contributed by atoms with Crippen molar-refractivity contribution in [2.24, 2.45) is 0 Å². The van der Waals surface area contributed by atoms with Crippen molar-refractivity contribution >= 4 is 5.95 Å². The van der Waals surface area contributed by atoms with E-state index >= 15 is 0 Å². The van der Waals surface area contributed by atoms with Gasteiger partial charge in [0.05, 0.1) is 12.3 Å². The van der Waals surface area contributed by atoms with E-state index in [-0.39, 0.29) is 5.60 Å². The number of anilines is 1. The Morgan fingerprint density at radius 3 is 2.56 bits per heavy atom. The van der Waals surface area contributed by atoms with Gasteiger partial charge in [-0.2, -0.15) is 0 Å². The van der Waals surface area contributed by atoms with Crippen molar-refractivity contribution in [3.63, 3.8) is 0 Å². The maximum absolute atomic E-state index is 6.35. The Kier molecular flexibility index (Phi) is 5.06. The third-order valence-electron chi connectivity index (χ3n) is 5.58. The second-order valence-corrected chi connectivity index (χ2v) is 7.79. The number of aromatic nitrogens is 4. The summed E-state index contributed by atoms with van der Waals surface area (Å²) in [6.07, 6.45) is 8.66.